The van der Waals surface area contributed by atoms with E-state index < -0.39 is 5.97 Å². The Morgan fingerprint density at radius 1 is 1.22 bits per heavy atom. The van der Waals surface area contributed by atoms with Gasteiger partial charge in [-0.1, -0.05) is 19.9 Å². The Morgan fingerprint density at radius 3 is 2.67 bits per heavy atom. The molecule has 1 aromatic carbocycles. The van der Waals surface area contributed by atoms with Crippen LogP contribution in [-0.4, -0.2) is 18.5 Å². The number of benzene rings is 1. The summed E-state index contributed by atoms with van der Waals surface area (Å²) in [5.74, 6) is -0.0173. The van der Waals surface area contributed by atoms with Crippen LogP contribution in [-0.2, 0) is 16.1 Å². The SMILES string of the molecule is CC(=O)Nc1cccc(C(=O)OCc2cc(=O)c(OCCC(C)C)co2)c1. The molecule has 0 atom stereocenters. The molecule has 0 spiro atoms. The van der Waals surface area contributed by atoms with Gasteiger partial charge in [0.05, 0.1) is 12.2 Å². The average Bonchev–Trinajstić information content (AvgIpc) is 2.60. The highest BCUT2D eigenvalue weighted by atomic mass is 16.5. The second-order valence-corrected chi connectivity index (χ2v) is 6.44. The van der Waals surface area contributed by atoms with Gasteiger partial charge in [0.1, 0.15) is 18.6 Å². The third kappa shape index (κ3) is 6.62. The molecule has 0 aliphatic carbocycles. The molecule has 0 saturated carbocycles. The van der Waals surface area contributed by atoms with Crippen LogP contribution in [0.15, 0.2) is 45.8 Å². The van der Waals surface area contributed by atoms with Crippen molar-refractivity contribution < 1.29 is 23.5 Å². The lowest BCUT2D eigenvalue weighted by Gasteiger charge is -2.08. The van der Waals surface area contributed by atoms with Gasteiger partial charge in [0.2, 0.25) is 17.1 Å². The van der Waals surface area contributed by atoms with Crippen LogP contribution in [0, 0.1) is 5.92 Å². The molecule has 0 saturated heterocycles. The average molecular weight is 373 g/mol. The summed E-state index contributed by atoms with van der Waals surface area (Å²) in [4.78, 5) is 35.2. The number of esters is 1. The van der Waals surface area contributed by atoms with Crippen molar-refractivity contribution in [2.24, 2.45) is 5.92 Å². The predicted octanol–water partition coefficient (Wildman–Crippen LogP) is 3.38. The Balaban J connectivity index is 1.94. The first-order chi connectivity index (χ1) is 12.8. The summed E-state index contributed by atoms with van der Waals surface area (Å²) in [5.41, 5.74) is 0.437. The van der Waals surface area contributed by atoms with Gasteiger partial charge >= 0.3 is 5.97 Å². The molecule has 1 N–H and O–H groups in total. The molecule has 1 heterocycles. The van der Waals surface area contributed by atoms with Crippen molar-refractivity contribution in [3.63, 3.8) is 0 Å². The number of hydrogen-bond acceptors (Lipinski definition) is 6. The number of ether oxygens (including phenoxy) is 2. The van der Waals surface area contributed by atoms with E-state index in [1.165, 1.54) is 25.3 Å². The summed E-state index contributed by atoms with van der Waals surface area (Å²) in [6, 6.07) is 7.60. The monoisotopic (exact) mass is 373 g/mol. The summed E-state index contributed by atoms with van der Waals surface area (Å²) in [6.07, 6.45) is 2.06. The van der Waals surface area contributed by atoms with Crippen molar-refractivity contribution in [3.05, 3.63) is 58.1 Å². The topological polar surface area (TPSA) is 94.8 Å². The molecule has 0 radical (unpaired) electrons. The minimum absolute atomic E-state index is 0.133. The lowest BCUT2D eigenvalue weighted by Crippen LogP contribution is -2.12. The molecule has 0 bridgehead atoms. The minimum atomic E-state index is -0.595. The predicted molar refractivity (Wildman–Crippen MR) is 99.8 cm³/mol. The molecule has 7 nitrogen and oxygen atoms in total. The van der Waals surface area contributed by atoms with Gasteiger partial charge in [-0.15, -0.1) is 0 Å². The number of carbonyl (C=O) groups is 2. The number of carbonyl (C=O) groups excluding carboxylic acids is 2. The molecule has 1 aromatic heterocycles. The third-order valence-corrected chi connectivity index (χ3v) is 3.57. The molecule has 7 heteroatoms. The summed E-state index contributed by atoms with van der Waals surface area (Å²) in [7, 11) is 0. The first-order valence-corrected chi connectivity index (χ1v) is 8.64. The second-order valence-electron chi connectivity index (χ2n) is 6.44. The van der Waals surface area contributed by atoms with E-state index in [1.807, 2.05) is 0 Å². The van der Waals surface area contributed by atoms with Gasteiger partial charge in [0.25, 0.3) is 0 Å². The molecule has 2 rings (SSSR count). The molecule has 0 aliphatic heterocycles. The lowest BCUT2D eigenvalue weighted by atomic mass is 10.1. The molecule has 0 unspecified atom stereocenters. The van der Waals surface area contributed by atoms with Crippen LogP contribution in [0.1, 0.15) is 43.3 Å². The second kappa shape index (κ2) is 9.56. The van der Waals surface area contributed by atoms with Crippen molar-refractivity contribution in [3.8, 4) is 5.75 Å². The first-order valence-electron chi connectivity index (χ1n) is 8.64. The highest BCUT2D eigenvalue weighted by Crippen LogP contribution is 2.13. The van der Waals surface area contributed by atoms with Crippen molar-refractivity contribution in [1.29, 1.82) is 0 Å². The fraction of sp³-hybridized carbons (Fsp3) is 0.350. The molecular formula is C20H23NO6. The van der Waals surface area contributed by atoms with Gasteiger partial charge in [-0.05, 0) is 30.5 Å². The zero-order valence-electron chi connectivity index (χ0n) is 15.6. The smallest absolute Gasteiger partial charge is 0.338 e. The number of amides is 1. The van der Waals surface area contributed by atoms with E-state index in [0.717, 1.165) is 6.42 Å². The third-order valence-electron chi connectivity index (χ3n) is 3.57. The zero-order chi connectivity index (χ0) is 19.8. The fourth-order valence-electron chi connectivity index (χ4n) is 2.17. The summed E-state index contributed by atoms with van der Waals surface area (Å²) >= 11 is 0. The van der Waals surface area contributed by atoms with Crippen LogP contribution >= 0.6 is 0 Å². The van der Waals surface area contributed by atoms with Crippen LogP contribution in [0.4, 0.5) is 5.69 Å². The number of anilines is 1. The molecule has 1 amide bonds. The quantitative estimate of drug-likeness (QED) is 0.713. The van der Waals surface area contributed by atoms with Gasteiger partial charge in [-0.3, -0.25) is 9.59 Å². The highest BCUT2D eigenvalue weighted by molar-refractivity contribution is 5.93. The van der Waals surface area contributed by atoms with Gasteiger partial charge in [0, 0.05) is 18.7 Å². The molecule has 27 heavy (non-hydrogen) atoms. The maximum atomic E-state index is 12.1. The van der Waals surface area contributed by atoms with Crippen LogP contribution in [0.25, 0.3) is 0 Å². The molecule has 0 aliphatic rings. The largest absolute Gasteiger partial charge is 0.487 e. The van der Waals surface area contributed by atoms with Crippen molar-refractivity contribution >= 4 is 17.6 Å². The standard InChI is InChI=1S/C20H23NO6/c1-13(2)7-8-25-19-12-26-17(10-18(19)23)11-27-20(24)15-5-4-6-16(9-15)21-14(3)22/h4-6,9-10,12-13H,7-8,11H2,1-3H3,(H,21,22). The van der Waals surface area contributed by atoms with Crippen LogP contribution in [0.3, 0.4) is 0 Å². The van der Waals surface area contributed by atoms with E-state index >= 15 is 0 Å². The Morgan fingerprint density at radius 2 is 2.00 bits per heavy atom. The van der Waals surface area contributed by atoms with Crippen molar-refractivity contribution in [2.45, 2.75) is 33.8 Å². The lowest BCUT2D eigenvalue weighted by molar-refractivity contribution is -0.114. The van der Waals surface area contributed by atoms with Gasteiger partial charge in [0.15, 0.2) is 0 Å². The van der Waals surface area contributed by atoms with E-state index in [1.54, 1.807) is 18.2 Å². The molecule has 144 valence electrons. The Bertz CT molecular complexity index is 856. The van der Waals surface area contributed by atoms with E-state index in [4.69, 9.17) is 13.9 Å². The van der Waals surface area contributed by atoms with E-state index in [2.05, 4.69) is 19.2 Å². The summed E-state index contributed by atoms with van der Waals surface area (Å²) in [6.45, 7) is 5.75. The van der Waals surface area contributed by atoms with Crippen LogP contribution < -0.4 is 15.5 Å². The Kier molecular flexibility index (Phi) is 7.16. The van der Waals surface area contributed by atoms with Crippen LogP contribution in [0.2, 0.25) is 0 Å². The number of hydrogen-bond donors (Lipinski definition) is 1. The van der Waals surface area contributed by atoms with Crippen molar-refractivity contribution in [2.75, 3.05) is 11.9 Å². The van der Waals surface area contributed by atoms with E-state index in [-0.39, 0.29) is 35.0 Å². The maximum absolute atomic E-state index is 12.1. The first kappa shape index (κ1) is 20.2. The van der Waals surface area contributed by atoms with E-state index in [9.17, 15) is 14.4 Å². The van der Waals surface area contributed by atoms with E-state index in [0.29, 0.717) is 18.2 Å². The minimum Gasteiger partial charge on any atom is -0.487 e. The van der Waals surface area contributed by atoms with Gasteiger partial charge < -0.3 is 19.2 Å². The maximum Gasteiger partial charge on any atom is 0.338 e. The number of rotatable bonds is 8. The Hall–Kier alpha value is -3.09. The van der Waals surface area contributed by atoms with Crippen molar-refractivity contribution in [1.82, 2.24) is 0 Å². The normalized spacial score (nSPS) is 10.5. The van der Waals surface area contributed by atoms with Crippen LogP contribution in [0.5, 0.6) is 5.75 Å². The zero-order valence-corrected chi connectivity index (χ0v) is 15.6. The summed E-state index contributed by atoms with van der Waals surface area (Å²) in [5, 5.41) is 2.59. The number of nitrogens with one attached hydrogen (secondary N) is 1. The van der Waals surface area contributed by atoms with Gasteiger partial charge in [-0.25, -0.2) is 4.79 Å². The molecular weight excluding hydrogens is 350 g/mol. The highest BCUT2D eigenvalue weighted by Gasteiger charge is 2.11. The molecule has 2 aromatic rings. The fourth-order valence-corrected chi connectivity index (χ4v) is 2.17. The Labute approximate surface area is 157 Å². The van der Waals surface area contributed by atoms with Gasteiger partial charge in [-0.2, -0.15) is 0 Å². The molecule has 0 fully saturated rings. The summed E-state index contributed by atoms with van der Waals surface area (Å²) < 4.78 is 15.9.